The predicted molar refractivity (Wildman–Crippen MR) is 81.9 cm³/mol. The fraction of sp³-hybridized carbons (Fsp3) is 0.667. The molecule has 1 aromatic carbocycles. The first kappa shape index (κ1) is 15.3. The quantitative estimate of drug-likeness (QED) is 0.444. The van der Waals surface area contributed by atoms with Crippen molar-refractivity contribution < 1.29 is 0 Å². The van der Waals surface area contributed by atoms with Gasteiger partial charge in [-0.1, -0.05) is 89.1 Å². The zero-order valence-corrected chi connectivity index (χ0v) is 12.3. The zero-order chi connectivity index (χ0) is 13.1. The van der Waals surface area contributed by atoms with Crippen molar-refractivity contribution >= 4 is 0 Å². The molecule has 0 nitrogen and oxygen atoms in total. The van der Waals surface area contributed by atoms with E-state index in [1.807, 2.05) is 0 Å². The van der Waals surface area contributed by atoms with Crippen molar-refractivity contribution in [3.8, 4) is 0 Å². The summed E-state index contributed by atoms with van der Waals surface area (Å²) in [4.78, 5) is 0. The summed E-state index contributed by atoms with van der Waals surface area (Å²) in [7, 11) is 0. The fourth-order valence-corrected chi connectivity index (χ4v) is 2.63. The number of hydrogen-bond acceptors (Lipinski definition) is 0. The van der Waals surface area contributed by atoms with E-state index in [0.717, 1.165) is 5.92 Å². The van der Waals surface area contributed by atoms with Crippen LogP contribution in [0.1, 0.15) is 70.8 Å². The normalized spacial score (nSPS) is 12.6. The van der Waals surface area contributed by atoms with E-state index in [0.29, 0.717) is 0 Å². The third-order valence-corrected chi connectivity index (χ3v) is 3.96. The summed E-state index contributed by atoms with van der Waals surface area (Å²) in [6, 6.07) is 10.9. The Balaban J connectivity index is 2.03. The van der Waals surface area contributed by atoms with Gasteiger partial charge in [-0.15, -0.1) is 0 Å². The van der Waals surface area contributed by atoms with E-state index in [2.05, 4.69) is 44.2 Å². The second-order valence-electron chi connectivity index (χ2n) is 5.50. The Kier molecular flexibility index (Phi) is 8.63. The van der Waals surface area contributed by atoms with Gasteiger partial charge >= 0.3 is 0 Å². The van der Waals surface area contributed by atoms with Crippen LogP contribution in [-0.2, 0) is 6.42 Å². The molecule has 1 rings (SSSR count). The Morgan fingerprint density at radius 2 is 1.56 bits per heavy atom. The number of rotatable bonds is 10. The zero-order valence-electron chi connectivity index (χ0n) is 12.3. The van der Waals surface area contributed by atoms with Gasteiger partial charge in [0.05, 0.1) is 0 Å². The molecular weight excluding hydrogens is 216 g/mol. The lowest BCUT2D eigenvalue weighted by molar-refractivity contribution is 0.402. The molecule has 0 aliphatic rings. The van der Waals surface area contributed by atoms with Crippen LogP contribution in [0.3, 0.4) is 0 Å². The molecule has 1 atom stereocenters. The first-order valence-electron chi connectivity index (χ1n) is 7.90. The Morgan fingerprint density at radius 1 is 0.833 bits per heavy atom. The van der Waals surface area contributed by atoms with Crippen LogP contribution in [0.4, 0.5) is 0 Å². The molecule has 0 aliphatic carbocycles. The third kappa shape index (κ3) is 6.83. The summed E-state index contributed by atoms with van der Waals surface area (Å²) < 4.78 is 0. The van der Waals surface area contributed by atoms with Gasteiger partial charge in [-0.25, -0.2) is 0 Å². The molecule has 0 bridgehead atoms. The molecule has 0 heteroatoms. The lowest BCUT2D eigenvalue weighted by atomic mass is 9.93. The van der Waals surface area contributed by atoms with Crippen LogP contribution in [0.5, 0.6) is 0 Å². The first-order valence-corrected chi connectivity index (χ1v) is 7.90. The maximum atomic E-state index is 2.35. The Labute approximate surface area is 114 Å². The molecule has 0 saturated heterocycles. The van der Waals surface area contributed by atoms with Crippen molar-refractivity contribution in [3.63, 3.8) is 0 Å². The summed E-state index contributed by atoms with van der Waals surface area (Å²) in [5.41, 5.74) is 1.50. The number of hydrogen-bond donors (Lipinski definition) is 0. The fourth-order valence-electron chi connectivity index (χ4n) is 2.63. The van der Waals surface area contributed by atoms with E-state index >= 15 is 0 Å². The summed E-state index contributed by atoms with van der Waals surface area (Å²) in [6.45, 7) is 4.65. The maximum Gasteiger partial charge on any atom is -0.0279 e. The third-order valence-electron chi connectivity index (χ3n) is 3.96. The lowest BCUT2D eigenvalue weighted by Gasteiger charge is -2.13. The van der Waals surface area contributed by atoms with Crippen molar-refractivity contribution in [1.29, 1.82) is 0 Å². The largest absolute Gasteiger partial charge is 0.0654 e. The molecule has 0 fully saturated rings. The smallest absolute Gasteiger partial charge is 0.0279 e. The van der Waals surface area contributed by atoms with E-state index in [9.17, 15) is 0 Å². The predicted octanol–water partition coefficient (Wildman–Crippen LogP) is 6.01. The topological polar surface area (TPSA) is 0 Å². The van der Waals surface area contributed by atoms with Crippen LogP contribution >= 0.6 is 0 Å². The Bertz CT molecular complexity index is 275. The lowest BCUT2D eigenvalue weighted by Crippen LogP contribution is -1.99. The minimum atomic E-state index is 0.988. The molecular formula is C18H30. The van der Waals surface area contributed by atoms with E-state index in [1.165, 1.54) is 63.4 Å². The van der Waals surface area contributed by atoms with Crippen LogP contribution in [0.2, 0.25) is 0 Å². The van der Waals surface area contributed by atoms with Crippen molar-refractivity contribution in [2.45, 2.75) is 71.6 Å². The molecule has 102 valence electrons. The molecule has 1 aromatic rings. The molecule has 0 N–H and O–H groups in total. The molecule has 0 spiro atoms. The van der Waals surface area contributed by atoms with E-state index < -0.39 is 0 Å². The molecule has 1 unspecified atom stereocenters. The molecule has 0 amide bonds. The monoisotopic (exact) mass is 246 g/mol. The highest BCUT2D eigenvalue weighted by atomic mass is 14.1. The van der Waals surface area contributed by atoms with Crippen LogP contribution in [0, 0.1) is 5.92 Å². The average molecular weight is 246 g/mol. The maximum absolute atomic E-state index is 2.35. The highest BCUT2D eigenvalue weighted by molar-refractivity contribution is 5.14. The van der Waals surface area contributed by atoms with Gasteiger partial charge < -0.3 is 0 Å². The van der Waals surface area contributed by atoms with E-state index in [1.54, 1.807) is 0 Å². The van der Waals surface area contributed by atoms with Gasteiger partial charge in [0.15, 0.2) is 0 Å². The number of aryl methyl sites for hydroxylation is 1. The van der Waals surface area contributed by atoms with Gasteiger partial charge in [0.25, 0.3) is 0 Å². The van der Waals surface area contributed by atoms with Gasteiger partial charge in [0.1, 0.15) is 0 Å². The molecule has 0 aliphatic heterocycles. The molecule has 18 heavy (non-hydrogen) atoms. The standard InChI is InChI=1S/C18H30/c1-3-5-12-17(4-2)13-8-6-9-14-18-15-10-7-11-16-18/h7,10-11,15-17H,3-6,8-9,12-14H2,1-2H3. The second-order valence-corrected chi connectivity index (χ2v) is 5.50. The van der Waals surface area contributed by atoms with Gasteiger partial charge in [-0.2, -0.15) is 0 Å². The highest BCUT2D eigenvalue weighted by Crippen LogP contribution is 2.20. The SMILES string of the molecule is CCCCC(CC)CCCCCc1ccccc1. The van der Waals surface area contributed by atoms with Crippen molar-refractivity contribution in [1.82, 2.24) is 0 Å². The Hall–Kier alpha value is -0.780. The Morgan fingerprint density at radius 3 is 2.22 bits per heavy atom. The van der Waals surface area contributed by atoms with Crippen molar-refractivity contribution in [2.24, 2.45) is 5.92 Å². The van der Waals surface area contributed by atoms with Gasteiger partial charge in [0, 0.05) is 0 Å². The summed E-state index contributed by atoms with van der Waals surface area (Å²) in [5, 5.41) is 0. The van der Waals surface area contributed by atoms with Gasteiger partial charge in [-0.05, 0) is 24.3 Å². The van der Waals surface area contributed by atoms with Gasteiger partial charge in [0.2, 0.25) is 0 Å². The van der Waals surface area contributed by atoms with Crippen molar-refractivity contribution in [2.75, 3.05) is 0 Å². The van der Waals surface area contributed by atoms with E-state index in [4.69, 9.17) is 0 Å². The summed E-state index contributed by atoms with van der Waals surface area (Å²) in [6.07, 6.45) is 12.5. The minimum Gasteiger partial charge on any atom is -0.0654 e. The van der Waals surface area contributed by atoms with Crippen LogP contribution < -0.4 is 0 Å². The average Bonchev–Trinajstić information content (AvgIpc) is 2.43. The first-order chi connectivity index (χ1) is 8.86. The second kappa shape index (κ2) is 10.2. The summed E-state index contributed by atoms with van der Waals surface area (Å²) in [5.74, 6) is 0.988. The molecule has 0 radical (unpaired) electrons. The van der Waals surface area contributed by atoms with Crippen LogP contribution in [-0.4, -0.2) is 0 Å². The molecule has 0 saturated carbocycles. The molecule has 0 aromatic heterocycles. The van der Waals surface area contributed by atoms with E-state index in [-0.39, 0.29) is 0 Å². The number of benzene rings is 1. The van der Waals surface area contributed by atoms with Gasteiger partial charge in [-0.3, -0.25) is 0 Å². The highest BCUT2D eigenvalue weighted by Gasteiger charge is 2.05. The van der Waals surface area contributed by atoms with Crippen LogP contribution in [0.15, 0.2) is 30.3 Å². The minimum absolute atomic E-state index is 0.988. The van der Waals surface area contributed by atoms with Crippen molar-refractivity contribution in [3.05, 3.63) is 35.9 Å². The number of unbranched alkanes of at least 4 members (excludes halogenated alkanes) is 3. The molecule has 0 heterocycles. The summed E-state index contributed by atoms with van der Waals surface area (Å²) >= 11 is 0. The van der Waals surface area contributed by atoms with Crippen LogP contribution in [0.25, 0.3) is 0 Å².